The summed E-state index contributed by atoms with van der Waals surface area (Å²) >= 11 is 1.42. The van der Waals surface area contributed by atoms with Gasteiger partial charge in [-0.25, -0.2) is 0 Å². The zero-order chi connectivity index (χ0) is 17.4. The summed E-state index contributed by atoms with van der Waals surface area (Å²) in [6.45, 7) is 5.44. The maximum Gasteiger partial charge on any atom is 0.261 e. The van der Waals surface area contributed by atoms with E-state index in [9.17, 15) is 9.59 Å². The molecule has 2 N–H and O–H groups in total. The molecule has 0 atom stereocenters. The van der Waals surface area contributed by atoms with Crippen molar-refractivity contribution in [2.24, 2.45) is 5.92 Å². The molecule has 2 aromatic rings. The Balaban J connectivity index is 1.66. The minimum Gasteiger partial charge on any atom is -0.352 e. The lowest BCUT2D eigenvalue weighted by Gasteiger charge is -2.08. The smallest absolute Gasteiger partial charge is 0.261 e. The Morgan fingerprint density at radius 1 is 1.00 bits per heavy atom. The Labute approximate surface area is 147 Å². The van der Waals surface area contributed by atoms with Crippen LogP contribution in [-0.2, 0) is 6.42 Å². The molecule has 0 unspecified atom stereocenters. The standard InChI is InChI=1S/C19H24N2O2S/c1-14(2)13-15-6-8-16(9-7-15)18(22)20-10-4-11-21-19(23)17-5-3-12-24-17/h3,5-9,12,14H,4,10-11,13H2,1-2H3,(H,20,22)(H,21,23). The van der Waals surface area contributed by atoms with Gasteiger partial charge >= 0.3 is 0 Å². The average molecular weight is 344 g/mol. The molecule has 2 rings (SSSR count). The molecule has 0 bridgehead atoms. The van der Waals surface area contributed by atoms with Crippen LogP contribution in [0.15, 0.2) is 41.8 Å². The van der Waals surface area contributed by atoms with Gasteiger partial charge in [-0.1, -0.05) is 32.0 Å². The summed E-state index contributed by atoms with van der Waals surface area (Å²) in [4.78, 5) is 24.5. The predicted molar refractivity (Wildman–Crippen MR) is 98.6 cm³/mol. The fourth-order valence-corrected chi connectivity index (χ4v) is 2.99. The third kappa shape index (κ3) is 5.81. The number of rotatable bonds is 8. The van der Waals surface area contributed by atoms with Crippen LogP contribution in [0.5, 0.6) is 0 Å². The summed E-state index contributed by atoms with van der Waals surface area (Å²) in [5, 5.41) is 7.60. The van der Waals surface area contributed by atoms with Crippen LogP contribution >= 0.6 is 11.3 Å². The SMILES string of the molecule is CC(C)Cc1ccc(C(=O)NCCCNC(=O)c2cccs2)cc1. The van der Waals surface area contributed by atoms with Crippen LogP contribution in [-0.4, -0.2) is 24.9 Å². The molecule has 0 aliphatic carbocycles. The normalized spacial score (nSPS) is 10.6. The number of thiophene rings is 1. The Morgan fingerprint density at radius 3 is 2.25 bits per heavy atom. The molecule has 0 radical (unpaired) electrons. The van der Waals surface area contributed by atoms with Gasteiger partial charge in [0.05, 0.1) is 4.88 Å². The number of amides is 2. The summed E-state index contributed by atoms with van der Waals surface area (Å²) in [6, 6.07) is 11.4. The Hall–Kier alpha value is -2.14. The zero-order valence-electron chi connectivity index (χ0n) is 14.2. The van der Waals surface area contributed by atoms with Crippen molar-refractivity contribution in [1.82, 2.24) is 10.6 Å². The first-order valence-electron chi connectivity index (χ1n) is 8.25. The second-order valence-electron chi connectivity index (χ2n) is 6.14. The summed E-state index contributed by atoms with van der Waals surface area (Å²) in [5.74, 6) is 0.474. The number of nitrogens with one attached hydrogen (secondary N) is 2. The van der Waals surface area contributed by atoms with Gasteiger partial charge in [-0.15, -0.1) is 11.3 Å². The zero-order valence-corrected chi connectivity index (χ0v) is 15.0. The molecule has 0 spiro atoms. The van der Waals surface area contributed by atoms with Crippen molar-refractivity contribution in [3.05, 3.63) is 57.8 Å². The Bertz CT molecular complexity index is 649. The van der Waals surface area contributed by atoms with Crippen molar-refractivity contribution in [1.29, 1.82) is 0 Å². The van der Waals surface area contributed by atoms with Crippen LogP contribution in [0, 0.1) is 5.92 Å². The predicted octanol–water partition coefficient (Wildman–Crippen LogP) is 3.50. The van der Waals surface area contributed by atoms with Crippen molar-refractivity contribution in [2.45, 2.75) is 26.7 Å². The highest BCUT2D eigenvalue weighted by Crippen LogP contribution is 2.10. The highest BCUT2D eigenvalue weighted by atomic mass is 32.1. The molecule has 4 nitrogen and oxygen atoms in total. The quantitative estimate of drug-likeness (QED) is 0.720. The molecule has 0 saturated carbocycles. The lowest BCUT2D eigenvalue weighted by molar-refractivity contribution is 0.0953. The minimum absolute atomic E-state index is 0.0583. The van der Waals surface area contributed by atoms with Gasteiger partial charge in [0.25, 0.3) is 11.8 Å². The molecule has 0 aliphatic heterocycles. The van der Waals surface area contributed by atoms with Crippen molar-refractivity contribution in [3.8, 4) is 0 Å². The van der Waals surface area contributed by atoms with Gasteiger partial charge in [0.15, 0.2) is 0 Å². The van der Waals surface area contributed by atoms with E-state index in [4.69, 9.17) is 0 Å². The summed E-state index contributed by atoms with van der Waals surface area (Å²) < 4.78 is 0. The fourth-order valence-electron chi connectivity index (χ4n) is 2.35. The van der Waals surface area contributed by atoms with E-state index in [1.807, 2.05) is 35.7 Å². The van der Waals surface area contributed by atoms with Crippen LogP contribution in [0.3, 0.4) is 0 Å². The van der Waals surface area contributed by atoms with Crippen LogP contribution in [0.2, 0.25) is 0 Å². The maximum atomic E-state index is 12.1. The van der Waals surface area contributed by atoms with E-state index < -0.39 is 0 Å². The molecule has 0 saturated heterocycles. The third-order valence-corrected chi connectivity index (χ3v) is 4.40. The molecule has 128 valence electrons. The van der Waals surface area contributed by atoms with Crippen LogP contribution in [0.1, 0.15) is 45.9 Å². The number of hydrogen-bond donors (Lipinski definition) is 2. The maximum absolute atomic E-state index is 12.1. The van der Waals surface area contributed by atoms with Crippen LogP contribution < -0.4 is 10.6 Å². The molecular weight excluding hydrogens is 320 g/mol. The Morgan fingerprint density at radius 2 is 1.67 bits per heavy atom. The number of benzene rings is 1. The van der Waals surface area contributed by atoms with Crippen molar-refractivity contribution >= 4 is 23.2 Å². The van der Waals surface area contributed by atoms with Crippen molar-refractivity contribution < 1.29 is 9.59 Å². The molecular formula is C19H24N2O2S. The monoisotopic (exact) mass is 344 g/mol. The van der Waals surface area contributed by atoms with Gasteiger partial charge in [0.1, 0.15) is 0 Å². The van der Waals surface area contributed by atoms with E-state index in [1.54, 1.807) is 6.07 Å². The van der Waals surface area contributed by atoms with E-state index in [1.165, 1.54) is 16.9 Å². The van der Waals surface area contributed by atoms with Crippen LogP contribution in [0.4, 0.5) is 0 Å². The largest absolute Gasteiger partial charge is 0.352 e. The topological polar surface area (TPSA) is 58.2 Å². The van der Waals surface area contributed by atoms with E-state index in [0.29, 0.717) is 35.9 Å². The third-order valence-electron chi connectivity index (χ3n) is 3.53. The highest BCUT2D eigenvalue weighted by Gasteiger charge is 2.07. The molecule has 5 heteroatoms. The average Bonchev–Trinajstić information content (AvgIpc) is 3.09. The molecule has 1 aromatic heterocycles. The Kier molecular flexibility index (Phi) is 7.00. The van der Waals surface area contributed by atoms with Crippen molar-refractivity contribution in [3.63, 3.8) is 0 Å². The minimum atomic E-state index is -0.0734. The number of carbonyl (C=O) groups excluding carboxylic acids is 2. The molecule has 24 heavy (non-hydrogen) atoms. The lowest BCUT2D eigenvalue weighted by Crippen LogP contribution is -2.29. The number of carbonyl (C=O) groups is 2. The summed E-state index contributed by atoms with van der Waals surface area (Å²) in [5.41, 5.74) is 1.92. The first-order chi connectivity index (χ1) is 11.6. The highest BCUT2D eigenvalue weighted by molar-refractivity contribution is 7.12. The van der Waals surface area contributed by atoms with E-state index in [2.05, 4.69) is 24.5 Å². The van der Waals surface area contributed by atoms with Crippen molar-refractivity contribution in [2.75, 3.05) is 13.1 Å². The van der Waals surface area contributed by atoms with Gasteiger partial charge in [0.2, 0.25) is 0 Å². The van der Waals surface area contributed by atoms with Gasteiger partial charge in [-0.05, 0) is 47.9 Å². The van der Waals surface area contributed by atoms with Gasteiger partial charge in [0, 0.05) is 18.7 Å². The number of hydrogen-bond acceptors (Lipinski definition) is 3. The second kappa shape index (κ2) is 9.23. The van der Waals surface area contributed by atoms with E-state index in [0.717, 1.165) is 6.42 Å². The fraction of sp³-hybridized carbons (Fsp3) is 0.368. The summed E-state index contributed by atoms with van der Waals surface area (Å²) in [7, 11) is 0. The molecule has 0 fully saturated rings. The molecule has 2 amide bonds. The van der Waals surface area contributed by atoms with Gasteiger partial charge in [-0.2, -0.15) is 0 Å². The molecule has 1 aromatic carbocycles. The van der Waals surface area contributed by atoms with E-state index >= 15 is 0 Å². The van der Waals surface area contributed by atoms with Gasteiger partial charge in [-0.3, -0.25) is 9.59 Å². The molecule has 1 heterocycles. The first kappa shape index (κ1) is 18.2. The summed E-state index contributed by atoms with van der Waals surface area (Å²) in [6.07, 6.45) is 1.72. The first-order valence-corrected chi connectivity index (χ1v) is 9.13. The lowest BCUT2D eigenvalue weighted by atomic mass is 10.0. The van der Waals surface area contributed by atoms with Crippen LogP contribution in [0.25, 0.3) is 0 Å². The second-order valence-corrected chi connectivity index (χ2v) is 7.09. The van der Waals surface area contributed by atoms with E-state index in [-0.39, 0.29) is 11.8 Å². The van der Waals surface area contributed by atoms with Gasteiger partial charge < -0.3 is 10.6 Å². The molecule has 0 aliphatic rings.